The zero-order valence-electron chi connectivity index (χ0n) is 15.3. The quantitative estimate of drug-likeness (QED) is 0.604. The number of amides is 2. The molecule has 0 aromatic heterocycles. The standard InChI is InChI=1S/C19H28ClN3O3/c1-2-18(25)22-17-12-14(20)7-8-16(17)19(26)21-9-5-11-23-10-4-3-6-15(23)13-24/h7-8,12,15,24H,2-6,9-11,13H2,1H3,(H,21,26)(H,22,25). The maximum atomic E-state index is 12.5. The second-order valence-corrected chi connectivity index (χ2v) is 7.01. The van der Waals surface area contributed by atoms with Gasteiger partial charge in [-0.2, -0.15) is 0 Å². The van der Waals surface area contributed by atoms with Crippen LogP contribution in [0.2, 0.25) is 5.02 Å². The molecule has 2 amide bonds. The normalized spacial score (nSPS) is 17.7. The van der Waals surface area contributed by atoms with Crippen molar-refractivity contribution >= 4 is 29.1 Å². The summed E-state index contributed by atoms with van der Waals surface area (Å²) in [6.07, 6.45) is 4.51. The van der Waals surface area contributed by atoms with E-state index >= 15 is 0 Å². The number of hydrogen-bond acceptors (Lipinski definition) is 4. The molecular weight excluding hydrogens is 354 g/mol. The van der Waals surface area contributed by atoms with Crippen molar-refractivity contribution in [1.82, 2.24) is 10.2 Å². The third-order valence-electron chi connectivity index (χ3n) is 4.69. The van der Waals surface area contributed by atoms with Gasteiger partial charge in [-0.25, -0.2) is 0 Å². The number of rotatable bonds is 8. The first kappa shape index (κ1) is 20.7. The predicted molar refractivity (Wildman–Crippen MR) is 104 cm³/mol. The van der Waals surface area contributed by atoms with Crippen molar-refractivity contribution in [1.29, 1.82) is 0 Å². The lowest BCUT2D eigenvalue weighted by atomic mass is 10.0. The number of likely N-dealkylation sites (tertiary alicyclic amines) is 1. The highest BCUT2D eigenvalue weighted by Crippen LogP contribution is 2.21. The number of nitrogens with zero attached hydrogens (tertiary/aromatic N) is 1. The summed E-state index contributed by atoms with van der Waals surface area (Å²) >= 11 is 5.98. The Morgan fingerprint density at radius 1 is 1.35 bits per heavy atom. The van der Waals surface area contributed by atoms with E-state index in [2.05, 4.69) is 15.5 Å². The van der Waals surface area contributed by atoms with Crippen molar-refractivity contribution in [2.45, 2.75) is 45.1 Å². The number of aliphatic hydroxyl groups excluding tert-OH is 1. The molecule has 7 heteroatoms. The molecule has 1 unspecified atom stereocenters. The van der Waals surface area contributed by atoms with Crippen molar-refractivity contribution in [3.8, 4) is 0 Å². The Morgan fingerprint density at radius 2 is 2.15 bits per heavy atom. The number of nitrogens with one attached hydrogen (secondary N) is 2. The van der Waals surface area contributed by atoms with E-state index in [-0.39, 0.29) is 24.5 Å². The van der Waals surface area contributed by atoms with E-state index in [0.717, 1.165) is 32.4 Å². The van der Waals surface area contributed by atoms with Gasteiger partial charge in [0.1, 0.15) is 0 Å². The molecular formula is C19H28ClN3O3. The van der Waals surface area contributed by atoms with Gasteiger partial charge >= 0.3 is 0 Å². The summed E-state index contributed by atoms with van der Waals surface area (Å²) in [7, 11) is 0. The Kier molecular flexibility index (Phi) is 8.35. The van der Waals surface area contributed by atoms with E-state index in [1.165, 1.54) is 6.42 Å². The second kappa shape index (κ2) is 10.5. The smallest absolute Gasteiger partial charge is 0.253 e. The first-order valence-electron chi connectivity index (χ1n) is 9.27. The van der Waals surface area contributed by atoms with Crippen molar-refractivity contribution in [3.63, 3.8) is 0 Å². The molecule has 0 bridgehead atoms. The van der Waals surface area contributed by atoms with Crippen LogP contribution in [0.5, 0.6) is 0 Å². The van der Waals surface area contributed by atoms with Gasteiger partial charge in [-0.05, 0) is 44.0 Å². The molecule has 6 nitrogen and oxygen atoms in total. The zero-order valence-corrected chi connectivity index (χ0v) is 16.0. The summed E-state index contributed by atoms with van der Waals surface area (Å²) in [6, 6.07) is 5.09. The molecule has 1 heterocycles. The van der Waals surface area contributed by atoms with Crippen LogP contribution in [-0.2, 0) is 4.79 Å². The van der Waals surface area contributed by atoms with Gasteiger partial charge in [0, 0.05) is 30.6 Å². The Bertz CT molecular complexity index is 624. The fraction of sp³-hybridized carbons (Fsp3) is 0.579. The van der Waals surface area contributed by atoms with E-state index < -0.39 is 0 Å². The molecule has 3 N–H and O–H groups in total. The monoisotopic (exact) mass is 381 g/mol. The molecule has 1 saturated heterocycles. The van der Waals surface area contributed by atoms with Gasteiger partial charge in [0.25, 0.3) is 5.91 Å². The first-order valence-corrected chi connectivity index (χ1v) is 9.65. The van der Waals surface area contributed by atoms with Crippen molar-refractivity contribution < 1.29 is 14.7 Å². The van der Waals surface area contributed by atoms with Crippen LogP contribution in [0.1, 0.15) is 49.4 Å². The fourth-order valence-corrected chi connectivity index (χ4v) is 3.37. The molecule has 2 rings (SSSR count). The third kappa shape index (κ3) is 5.97. The largest absolute Gasteiger partial charge is 0.395 e. The summed E-state index contributed by atoms with van der Waals surface area (Å²) in [6.45, 7) is 4.34. The summed E-state index contributed by atoms with van der Waals surface area (Å²) in [4.78, 5) is 26.4. The Hall–Kier alpha value is -1.63. The van der Waals surface area contributed by atoms with Crippen LogP contribution in [0.15, 0.2) is 18.2 Å². The minimum Gasteiger partial charge on any atom is -0.395 e. The number of piperidine rings is 1. The fourth-order valence-electron chi connectivity index (χ4n) is 3.20. The van der Waals surface area contributed by atoms with Gasteiger partial charge in [0.15, 0.2) is 0 Å². The number of aliphatic hydroxyl groups is 1. The van der Waals surface area contributed by atoms with Crippen LogP contribution in [-0.4, -0.2) is 54.1 Å². The highest BCUT2D eigenvalue weighted by molar-refractivity contribution is 6.31. The lowest BCUT2D eigenvalue weighted by Crippen LogP contribution is -2.43. The van der Waals surface area contributed by atoms with E-state index in [0.29, 0.717) is 29.2 Å². The summed E-state index contributed by atoms with van der Waals surface area (Å²) < 4.78 is 0. The van der Waals surface area contributed by atoms with Crippen molar-refractivity contribution in [2.24, 2.45) is 0 Å². The summed E-state index contributed by atoms with van der Waals surface area (Å²) in [5.74, 6) is -0.396. The number of hydrogen-bond donors (Lipinski definition) is 3. The van der Waals surface area contributed by atoms with Gasteiger partial charge in [0.05, 0.1) is 17.9 Å². The maximum Gasteiger partial charge on any atom is 0.253 e. The average molecular weight is 382 g/mol. The average Bonchev–Trinajstić information content (AvgIpc) is 2.65. The molecule has 0 aliphatic carbocycles. The molecule has 1 aromatic rings. The Morgan fingerprint density at radius 3 is 2.88 bits per heavy atom. The number of benzene rings is 1. The highest BCUT2D eigenvalue weighted by Gasteiger charge is 2.21. The SMILES string of the molecule is CCC(=O)Nc1cc(Cl)ccc1C(=O)NCCCN1CCCCC1CO. The molecule has 1 atom stereocenters. The first-order chi connectivity index (χ1) is 12.5. The molecule has 0 spiro atoms. The van der Waals surface area contributed by atoms with Crippen LogP contribution in [0.25, 0.3) is 0 Å². The predicted octanol–water partition coefficient (Wildman–Crippen LogP) is 2.66. The van der Waals surface area contributed by atoms with Crippen LogP contribution >= 0.6 is 11.6 Å². The van der Waals surface area contributed by atoms with E-state index in [1.54, 1.807) is 25.1 Å². The van der Waals surface area contributed by atoms with Crippen LogP contribution < -0.4 is 10.6 Å². The number of anilines is 1. The topological polar surface area (TPSA) is 81.7 Å². The number of carbonyl (C=O) groups is 2. The third-order valence-corrected chi connectivity index (χ3v) is 4.92. The second-order valence-electron chi connectivity index (χ2n) is 6.57. The van der Waals surface area contributed by atoms with Gasteiger partial charge in [-0.3, -0.25) is 14.5 Å². The molecule has 26 heavy (non-hydrogen) atoms. The zero-order chi connectivity index (χ0) is 18.9. The minimum atomic E-state index is -0.231. The molecule has 1 fully saturated rings. The molecule has 0 radical (unpaired) electrons. The van der Waals surface area contributed by atoms with E-state index in [1.807, 2.05) is 0 Å². The Balaban J connectivity index is 1.86. The van der Waals surface area contributed by atoms with Crippen molar-refractivity contribution in [3.05, 3.63) is 28.8 Å². The number of halogens is 1. The van der Waals surface area contributed by atoms with E-state index in [9.17, 15) is 14.7 Å². The van der Waals surface area contributed by atoms with Crippen LogP contribution in [0.3, 0.4) is 0 Å². The Labute approximate surface area is 159 Å². The minimum absolute atomic E-state index is 0.165. The van der Waals surface area contributed by atoms with E-state index in [4.69, 9.17) is 11.6 Å². The van der Waals surface area contributed by atoms with Crippen LogP contribution in [0.4, 0.5) is 5.69 Å². The highest BCUT2D eigenvalue weighted by atomic mass is 35.5. The van der Waals surface area contributed by atoms with Gasteiger partial charge in [0.2, 0.25) is 5.91 Å². The molecule has 1 aliphatic heterocycles. The van der Waals surface area contributed by atoms with Gasteiger partial charge in [-0.1, -0.05) is 24.9 Å². The van der Waals surface area contributed by atoms with Gasteiger partial charge < -0.3 is 15.7 Å². The number of carbonyl (C=O) groups excluding carboxylic acids is 2. The summed E-state index contributed by atoms with van der Waals surface area (Å²) in [5.41, 5.74) is 0.834. The summed E-state index contributed by atoms with van der Waals surface area (Å²) in [5, 5.41) is 15.5. The van der Waals surface area contributed by atoms with Crippen LogP contribution in [0, 0.1) is 0 Å². The molecule has 1 aliphatic rings. The van der Waals surface area contributed by atoms with Crippen molar-refractivity contribution in [2.75, 3.05) is 31.6 Å². The molecule has 144 valence electrons. The maximum absolute atomic E-state index is 12.5. The lowest BCUT2D eigenvalue weighted by Gasteiger charge is -2.34. The lowest BCUT2D eigenvalue weighted by molar-refractivity contribution is -0.115. The molecule has 0 saturated carbocycles. The molecule has 1 aromatic carbocycles. The van der Waals surface area contributed by atoms with Gasteiger partial charge in [-0.15, -0.1) is 0 Å².